The summed E-state index contributed by atoms with van der Waals surface area (Å²) in [6.07, 6.45) is -1.57. The van der Waals surface area contributed by atoms with Crippen LogP contribution in [0.4, 0.5) is 13.2 Å². The maximum atomic E-state index is 12.6. The summed E-state index contributed by atoms with van der Waals surface area (Å²) in [6.45, 7) is 0. The SMILES string of the molecule is NC1CCC(C(=O)c2cccc(C(F)(F)F)c2)CC1. The summed E-state index contributed by atoms with van der Waals surface area (Å²) in [5.74, 6) is -0.388. The van der Waals surface area contributed by atoms with Crippen LogP contribution in [-0.4, -0.2) is 11.8 Å². The van der Waals surface area contributed by atoms with Crippen molar-refractivity contribution >= 4 is 5.78 Å². The molecule has 0 saturated heterocycles. The molecule has 1 fully saturated rings. The number of hydrogen-bond donors (Lipinski definition) is 1. The van der Waals surface area contributed by atoms with Crippen LogP contribution in [0.15, 0.2) is 24.3 Å². The van der Waals surface area contributed by atoms with Gasteiger partial charge in [-0.15, -0.1) is 0 Å². The fourth-order valence-corrected chi connectivity index (χ4v) is 2.47. The predicted molar refractivity (Wildman–Crippen MR) is 65.7 cm³/mol. The van der Waals surface area contributed by atoms with Gasteiger partial charge in [-0.25, -0.2) is 0 Å². The zero-order chi connectivity index (χ0) is 14.0. The molecule has 2 nitrogen and oxygen atoms in total. The first-order chi connectivity index (χ1) is 8.88. The molecule has 0 aliphatic heterocycles. The second-order valence-electron chi connectivity index (χ2n) is 5.05. The molecule has 104 valence electrons. The van der Waals surface area contributed by atoms with Gasteiger partial charge >= 0.3 is 6.18 Å². The van der Waals surface area contributed by atoms with Gasteiger partial charge in [0.2, 0.25) is 0 Å². The second-order valence-corrected chi connectivity index (χ2v) is 5.05. The van der Waals surface area contributed by atoms with E-state index in [9.17, 15) is 18.0 Å². The van der Waals surface area contributed by atoms with Gasteiger partial charge in [-0.05, 0) is 37.8 Å². The van der Waals surface area contributed by atoms with Crippen LogP contribution in [0.5, 0.6) is 0 Å². The highest BCUT2D eigenvalue weighted by Crippen LogP contribution is 2.31. The lowest BCUT2D eigenvalue weighted by Crippen LogP contribution is -2.30. The fraction of sp³-hybridized carbons (Fsp3) is 0.500. The molecule has 19 heavy (non-hydrogen) atoms. The van der Waals surface area contributed by atoms with Gasteiger partial charge in [0, 0.05) is 17.5 Å². The van der Waals surface area contributed by atoms with Crippen molar-refractivity contribution in [3.8, 4) is 0 Å². The summed E-state index contributed by atoms with van der Waals surface area (Å²) in [5.41, 5.74) is 5.13. The summed E-state index contributed by atoms with van der Waals surface area (Å²) in [4.78, 5) is 12.2. The number of halogens is 3. The van der Waals surface area contributed by atoms with Crippen LogP contribution in [0.2, 0.25) is 0 Å². The molecule has 0 unspecified atom stereocenters. The van der Waals surface area contributed by atoms with Crippen LogP contribution in [0.3, 0.4) is 0 Å². The smallest absolute Gasteiger partial charge is 0.328 e. The third-order valence-corrected chi connectivity index (χ3v) is 3.62. The van der Waals surface area contributed by atoms with Gasteiger partial charge in [0.05, 0.1) is 5.56 Å². The first-order valence-corrected chi connectivity index (χ1v) is 6.35. The molecule has 0 radical (unpaired) electrons. The Balaban J connectivity index is 2.15. The highest BCUT2D eigenvalue weighted by Gasteiger charge is 2.32. The highest BCUT2D eigenvalue weighted by molar-refractivity contribution is 5.98. The Labute approximate surface area is 109 Å². The van der Waals surface area contributed by atoms with Crippen LogP contribution in [-0.2, 0) is 6.18 Å². The zero-order valence-electron chi connectivity index (χ0n) is 10.4. The molecule has 1 aliphatic rings. The molecule has 1 aromatic carbocycles. The lowest BCUT2D eigenvalue weighted by molar-refractivity contribution is -0.137. The lowest BCUT2D eigenvalue weighted by atomic mass is 9.81. The number of ketones is 1. The third-order valence-electron chi connectivity index (χ3n) is 3.62. The standard InChI is InChI=1S/C14H16F3NO/c15-14(16,17)11-3-1-2-10(8-11)13(19)9-4-6-12(18)7-5-9/h1-3,8-9,12H,4-7,18H2. The first-order valence-electron chi connectivity index (χ1n) is 6.35. The first kappa shape index (κ1) is 14.1. The molecule has 2 N–H and O–H groups in total. The summed E-state index contributed by atoms with van der Waals surface area (Å²) < 4.78 is 37.8. The number of carbonyl (C=O) groups is 1. The van der Waals surface area contributed by atoms with Crippen LogP contribution in [0.1, 0.15) is 41.6 Å². The normalized spacial score (nSPS) is 24.2. The molecule has 0 aromatic heterocycles. The number of alkyl halides is 3. The average Bonchev–Trinajstić information content (AvgIpc) is 2.38. The number of carbonyl (C=O) groups excluding carboxylic acids is 1. The molecule has 1 aliphatic carbocycles. The van der Waals surface area contributed by atoms with Crippen molar-refractivity contribution in [1.82, 2.24) is 0 Å². The van der Waals surface area contributed by atoms with Crippen molar-refractivity contribution in [3.63, 3.8) is 0 Å². The number of Topliss-reactive ketones (excluding diaryl/α,β-unsaturated/α-hetero) is 1. The average molecular weight is 271 g/mol. The van der Waals surface area contributed by atoms with Crippen LogP contribution in [0.25, 0.3) is 0 Å². The number of nitrogens with two attached hydrogens (primary N) is 1. The Kier molecular flexibility index (Phi) is 3.94. The van der Waals surface area contributed by atoms with E-state index in [1.54, 1.807) is 0 Å². The van der Waals surface area contributed by atoms with E-state index < -0.39 is 11.7 Å². The molecule has 0 spiro atoms. The summed E-state index contributed by atoms with van der Waals surface area (Å²) in [6, 6.07) is 4.77. The highest BCUT2D eigenvalue weighted by atomic mass is 19.4. The number of benzene rings is 1. The fourth-order valence-electron chi connectivity index (χ4n) is 2.47. The molecule has 0 atom stereocenters. The van der Waals surface area contributed by atoms with Gasteiger partial charge in [0.25, 0.3) is 0 Å². The third kappa shape index (κ3) is 3.35. The van der Waals surface area contributed by atoms with Crippen LogP contribution < -0.4 is 5.73 Å². The second kappa shape index (κ2) is 5.33. The van der Waals surface area contributed by atoms with Crippen LogP contribution >= 0.6 is 0 Å². The van der Waals surface area contributed by atoms with Crippen molar-refractivity contribution in [2.45, 2.75) is 37.9 Å². The molecule has 1 saturated carbocycles. The van der Waals surface area contributed by atoms with E-state index in [0.29, 0.717) is 12.8 Å². The minimum absolute atomic E-state index is 0.116. The molecule has 1 aromatic rings. The van der Waals surface area contributed by atoms with Gasteiger partial charge < -0.3 is 5.73 Å². The summed E-state index contributed by atoms with van der Waals surface area (Å²) >= 11 is 0. The largest absolute Gasteiger partial charge is 0.416 e. The lowest BCUT2D eigenvalue weighted by Gasteiger charge is -2.25. The van der Waals surface area contributed by atoms with Gasteiger partial charge in [-0.3, -0.25) is 4.79 Å². The van der Waals surface area contributed by atoms with E-state index >= 15 is 0 Å². The van der Waals surface area contributed by atoms with Gasteiger partial charge in [-0.1, -0.05) is 12.1 Å². The summed E-state index contributed by atoms with van der Waals surface area (Å²) in [5, 5.41) is 0. The maximum Gasteiger partial charge on any atom is 0.416 e. The van der Waals surface area contributed by atoms with Crippen molar-refractivity contribution in [2.75, 3.05) is 0 Å². The van der Waals surface area contributed by atoms with E-state index in [-0.39, 0.29) is 23.3 Å². The monoisotopic (exact) mass is 271 g/mol. The molecule has 0 amide bonds. The molecular weight excluding hydrogens is 255 g/mol. The van der Waals surface area contributed by atoms with Gasteiger partial charge in [0.15, 0.2) is 5.78 Å². The van der Waals surface area contributed by atoms with E-state index in [0.717, 1.165) is 25.0 Å². The van der Waals surface area contributed by atoms with E-state index in [4.69, 9.17) is 5.73 Å². The molecule has 0 heterocycles. The number of rotatable bonds is 2. The Bertz CT molecular complexity index is 462. The summed E-state index contributed by atoms with van der Waals surface area (Å²) in [7, 11) is 0. The predicted octanol–water partition coefficient (Wildman–Crippen LogP) is 3.41. The molecule has 5 heteroatoms. The van der Waals surface area contributed by atoms with Crippen molar-refractivity contribution in [2.24, 2.45) is 11.7 Å². The van der Waals surface area contributed by atoms with Crippen molar-refractivity contribution in [3.05, 3.63) is 35.4 Å². The molecule has 2 rings (SSSR count). The minimum Gasteiger partial charge on any atom is -0.328 e. The Morgan fingerprint density at radius 2 is 1.79 bits per heavy atom. The zero-order valence-corrected chi connectivity index (χ0v) is 10.4. The van der Waals surface area contributed by atoms with Gasteiger partial charge in [0.1, 0.15) is 0 Å². The van der Waals surface area contributed by atoms with Crippen molar-refractivity contribution < 1.29 is 18.0 Å². The van der Waals surface area contributed by atoms with Crippen LogP contribution in [0, 0.1) is 5.92 Å². The molecule has 0 bridgehead atoms. The van der Waals surface area contributed by atoms with E-state index in [2.05, 4.69) is 0 Å². The van der Waals surface area contributed by atoms with E-state index in [1.165, 1.54) is 12.1 Å². The topological polar surface area (TPSA) is 43.1 Å². The Hall–Kier alpha value is -1.36. The maximum absolute atomic E-state index is 12.6. The van der Waals surface area contributed by atoms with Gasteiger partial charge in [-0.2, -0.15) is 13.2 Å². The van der Waals surface area contributed by atoms with Crippen molar-refractivity contribution in [1.29, 1.82) is 0 Å². The minimum atomic E-state index is -4.41. The molecular formula is C14H16F3NO. The van der Waals surface area contributed by atoms with E-state index in [1.807, 2.05) is 0 Å². The Morgan fingerprint density at radius 1 is 1.16 bits per heavy atom. The Morgan fingerprint density at radius 3 is 2.37 bits per heavy atom. The number of hydrogen-bond acceptors (Lipinski definition) is 2. The quantitative estimate of drug-likeness (QED) is 0.838.